The van der Waals surface area contributed by atoms with Crippen molar-refractivity contribution >= 4 is 16.0 Å². The molecule has 3 rings (SSSR count). The Morgan fingerprint density at radius 1 is 1.33 bits per heavy atom. The maximum atomic E-state index is 12.1. The fraction of sp³-hybridized carbons (Fsp3) is 0.929. The summed E-state index contributed by atoms with van der Waals surface area (Å²) in [4.78, 5) is 13.0. The van der Waals surface area contributed by atoms with Crippen LogP contribution in [0.2, 0.25) is 0 Å². The average molecular weight is 316 g/mol. The van der Waals surface area contributed by atoms with Crippen molar-refractivity contribution in [3.8, 4) is 0 Å². The van der Waals surface area contributed by atoms with Crippen LogP contribution in [0, 0.1) is 5.92 Å². The molecule has 3 aliphatic rings. The Hall–Kier alpha value is -0.660. The molecule has 0 amide bonds. The molecule has 3 saturated carbocycles. The third kappa shape index (κ3) is 3.40. The monoisotopic (exact) mass is 316 g/mol. The largest absolute Gasteiger partial charge is 0.480 e. The van der Waals surface area contributed by atoms with Gasteiger partial charge in [0.25, 0.3) is 0 Å². The molecular formula is C14H24N2O4S. The van der Waals surface area contributed by atoms with E-state index in [1.54, 1.807) is 6.92 Å². The van der Waals surface area contributed by atoms with Gasteiger partial charge in [0, 0.05) is 18.6 Å². The van der Waals surface area contributed by atoms with Crippen molar-refractivity contribution in [3.05, 3.63) is 0 Å². The van der Waals surface area contributed by atoms with Gasteiger partial charge in [-0.25, -0.2) is 13.1 Å². The molecule has 0 bridgehead atoms. The predicted octanol–water partition coefficient (Wildman–Crippen LogP) is 0.786. The van der Waals surface area contributed by atoms with Crippen molar-refractivity contribution < 1.29 is 18.3 Å². The van der Waals surface area contributed by atoms with E-state index in [1.807, 2.05) is 4.90 Å². The first kappa shape index (κ1) is 15.2. The van der Waals surface area contributed by atoms with E-state index in [4.69, 9.17) is 5.11 Å². The smallest absolute Gasteiger partial charge is 0.317 e. The van der Waals surface area contributed by atoms with Gasteiger partial charge in [0.2, 0.25) is 10.0 Å². The Labute approximate surface area is 125 Å². The Morgan fingerprint density at radius 2 is 1.95 bits per heavy atom. The van der Waals surface area contributed by atoms with Crippen molar-refractivity contribution in [1.82, 2.24) is 9.62 Å². The van der Waals surface area contributed by atoms with Crippen molar-refractivity contribution in [2.45, 2.75) is 62.3 Å². The second-order valence-corrected chi connectivity index (χ2v) is 9.39. The molecule has 3 aliphatic carbocycles. The number of nitrogens with zero attached hydrogens (tertiary/aromatic N) is 1. The number of carboxylic acids is 1. The van der Waals surface area contributed by atoms with Gasteiger partial charge in [-0.1, -0.05) is 0 Å². The zero-order valence-electron chi connectivity index (χ0n) is 12.4. The number of carbonyl (C=O) groups is 1. The van der Waals surface area contributed by atoms with E-state index in [9.17, 15) is 13.2 Å². The lowest BCUT2D eigenvalue weighted by Gasteiger charge is -2.43. The maximum absolute atomic E-state index is 12.1. The molecule has 0 aromatic carbocycles. The molecule has 0 spiro atoms. The van der Waals surface area contributed by atoms with E-state index in [0.717, 1.165) is 32.2 Å². The van der Waals surface area contributed by atoms with Crippen molar-refractivity contribution in [1.29, 1.82) is 0 Å². The molecule has 0 aromatic rings. The maximum Gasteiger partial charge on any atom is 0.317 e. The highest BCUT2D eigenvalue weighted by Crippen LogP contribution is 2.43. The van der Waals surface area contributed by atoms with E-state index in [0.29, 0.717) is 5.92 Å². The van der Waals surface area contributed by atoms with Gasteiger partial charge in [0.1, 0.15) is 0 Å². The summed E-state index contributed by atoms with van der Waals surface area (Å²) in [5.74, 6) is -0.157. The number of aliphatic carboxylic acids is 1. The topological polar surface area (TPSA) is 86.7 Å². The lowest BCUT2D eigenvalue weighted by molar-refractivity contribution is -0.139. The summed E-state index contributed by atoms with van der Waals surface area (Å²) in [6.45, 7) is 2.70. The third-order valence-corrected chi connectivity index (χ3v) is 7.43. The Balaban J connectivity index is 1.50. The lowest BCUT2D eigenvalue weighted by atomic mass is 9.86. The number of sulfonamides is 1. The minimum atomic E-state index is -3.21. The van der Waals surface area contributed by atoms with Gasteiger partial charge in [-0.15, -0.1) is 0 Å². The summed E-state index contributed by atoms with van der Waals surface area (Å²) in [7, 11) is -3.21. The lowest BCUT2D eigenvalue weighted by Crippen LogP contribution is -2.56. The summed E-state index contributed by atoms with van der Waals surface area (Å²) in [5.41, 5.74) is 0. The molecule has 2 N–H and O–H groups in total. The second kappa shape index (κ2) is 5.21. The van der Waals surface area contributed by atoms with Crippen LogP contribution in [0.3, 0.4) is 0 Å². The average Bonchev–Trinajstić information content (AvgIpc) is 3.20. The number of carboxylic acid groups (broad SMARTS) is 1. The van der Waals surface area contributed by atoms with Crippen molar-refractivity contribution in [2.75, 3.05) is 13.1 Å². The van der Waals surface area contributed by atoms with E-state index in [1.165, 1.54) is 12.8 Å². The fourth-order valence-corrected chi connectivity index (χ4v) is 4.49. The highest BCUT2D eigenvalue weighted by molar-refractivity contribution is 7.91. The molecule has 3 fully saturated rings. The number of rotatable bonds is 8. The molecule has 21 heavy (non-hydrogen) atoms. The third-order valence-electron chi connectivity index (χ3n) is 5.08. The highest BCUT2D eigenvalue weighted by Gasteiger charge is 2.51. The second-order valence-electron chi connectivity index (χ2n) is 7.16. The molecule has 0 aliphatic heterocycles. The Bertz CT molecular complexity index is 519. The zero-order valence-corrected chi connectivity index (χ0v) is 13.2. The van der Waals surface area contributed by atoms with E-state index in [-0.39, 0.29) is 18.6 Å². The first-order chi connectivity index (χ1) is 9.79. The van der Waals surface area contributed by atoms with Crippen LogP contribution in [0.1, 0.15) is 45.4 Å². The molecule has 120 valence electrons. The summed E-state index contributed by atoms with van der Waals surface area (Å²) in [5, 5.41) is 9.00. The molecule has 0 unspecified atom stereocenters. The van der Waals surface area contributed by atoms with Crippen molar-refractivity contribution in [2.24, 2.45) is 5.92 Å². The zero-order chi connectivity index (χ0) is 15.3. The van der Waals surface area contributed by atoms with Crippen LogP contribution in [0.4, 0.5) is 0 Å². The first-order valence-corrected chi connectivity index (χ1v) is 9.25. The summed E-state index contributed by atoms with van der Waals surface area (Å²) in [6, 6.07) is 0.189. The molecule has 6 nitrogen and oxygen atoms in total. The van der Waals surface area contributed by atoms with Crippen molar-refractivity contribution in [3.63, 3.8) is 0 Å². The van der Waals surface area contributed by atoms with Crippen LogP contribution in [-0.4, -0.2) is 54.3 Å². The Morgan fingerprint density at radius 3 is 2.43 bits per heavy atom. The first-order valence-electron chi connectivity index (χ1n) is 7.77. The number of hydrogen-bond donors (Lipinski definition) is 2. The fourth-order valence-electron chi connectivity index (χ4n) is 2.94. The molecule has 0 aromatic heterocycles. The highest BCUT2D eigenvalue weighted by atomic mass is 32.2. The van der Waals surface area contributed by atoms with Crippen LogP contribution in [0.25, 0.3) is 0 Å². The summed E-state index contributed by atoms with van der Waals surface area (Å²) >= 11 is 0. The quantitative estimate of drug-likeness (QED) is 0.691. The standard InChI is InChI=1S/C14H24N2O4S/c1-14(4-5-14)21(19,20)15-11-6-12(7-11)16(9-13(17)18)8-10-2-3-10/h10-12,15H,2-9H2,1H3,(H,17,18). The minimum Gasteiger partial charge on any atom is -0.480 e. The van der Waals surface area contributed by atoms with Gasteiger partial charge in [0.15, 0.2) is 0 Å². The molecule has 0 radical (unpaired) electrons. The summed E-state index contributed by atoms with van der Waals surface area (Å²) < 4.78 is 26.5. The molecule has 0 saturated heterocycles. The van der Waals surface area contributed by atoms with Gasteiger partial charge in [-0.3, -0.25) is 9.69 Å². The van der Waals surface area contributed by atoms with Gasteiger partial charge in [-0.05, 0) is 51.4 Å². The summed E-state index contributed by atoms with van der Waals surface area (Å²) in [6.07, 6.45) is 5.33. The molecule has 7 heteroatoms. The van der Waals surface area contributed by atoms with Gasteiger partial charge in [-0.2, -0.15) is 0 Å². The van der Waals surface area contributed by atoms with Crippen LogP contribution in [-0.2, 0) is 14.8 Å². The predicted molar refractivity (Wildman–Crippen MR) is 78.4 cm³/mol. The van der Waals surface area contributed by atoms with Crippen LogP contribution < -0.4 is 4.72 Å². The van der Waals surface area contributed by atoms with Gasteiger partial charge >= 0.3 is 5.97 Å². The van der Waals surface area contributed by atoms with E-state index < -0.39 is 20.7 Å². The van der Waals surface area contributed by atoms with E-state index in [2.05, 4.69) is 4.72 Å². The minimum absolute atomic E-state index is 0.0204. The Kier molecular flexibility index (Phi) is 3.78. The van der Waals surface area contributed by atoms with Crippen LogP contribution >= 0.6 is 0 Å². The number of nitrogens with one attached hydrogen (secondary N) is 1. The molecule has 0 heterocycles. The molecular weight excluding hydrogens is 292 g/mol. The number of hydrogen-bond acceptors (Lipinski definition) is 4. The van der Waals surface area contributed by atoms with E-state index >= 15 is 0 Å². The SMILES string of the molecule is CC1(S(=O)(=O)NC2CC(N(CC(=O)O)CC3CC3)C2)CC1. The van der Waals surface area contributed by atoms with Crippen LogP contribution in [0.5, 0.6) is 0 Å². The van der Waals surface area contributed by atoms with Gasteiger partial charge in [0.05, 0.1) is 11.3 Å². The van der Waals surface area contributed by atoms with Gasteiger partial charge < -0.3 is 5.11 Å². The van der Waals surface area contributed by atoms with Crippen LogP contribution in [0.15, 0.2) is 0 Å². The normalized spacial score (nSPS) is 31.0. The molecule has 0 atom stereocenters.